The average Bonchev–Trinajstić information content (AvgIpc) is 3.10. The van der Waals surface area contributed by atoms with Gasteiger partial charge in [-0.25, -0.2) is 0 Å². The van der Waals surface area contributed by atoms with Crippen molar-refractivity contribution in [1.82, 2.24) is 5.32 Å². The Bertz CT molecular complexity index is 666. The number of carbonyl (C=O) groups is 2. The summed E-state index contributed by atoms with van der Waals surface area (Å²) in [7, 11) is 0. The van der Waals surface area contributed by atoms with Crippen molar-refractivity contribution in [2.24, 2.45) is 0 Å². The molecule has 0 radical (unpaired) electrons. The number of unbranched alkanes of at least 4 members (excludes halogenated alkanes) is 32. The number of Topliss-reactive ketones (excluding diaryl/α,β-unsaturated/α-hetero) is 1. The summed E-state index contributed by atoms with van der Waals surface area (Å²) in [5.74, 6) is 0.594. The zero-order valence-corrected chi connectivity index (χ0v) is 33.6. The lowest BCUT2D eigenvalue weighted by molar-refractivity contribution is -0.121. The zero-order chi connectivity index (χ0) is 35.7. The summed E-state index contributed by atoms with van der Waals surface area (Å²) in [6, 6.07) is 0. The van der Waals surface area contributed by atoms with Crippen molar-refractivity contribution < 1.29 is 14.7 Å². The summed E-state index contributed by atoms with van der Waals surface area (Å²) in [6.07, 6.45) is 48.2. The molecule has 0 bridgehead atoms. The summed E-state index contributed by atoms with van der Waals surface area (Å²) in [5.41, 5.74) is 0. The van der Waals surface area contributed by atoms with Gasteiger partial charge >= 0.3 is 0 Å². The van der Waals surface area contributed by atoms with Gasteiger partial charge in [0.1, 0.15) is 5.78 Å². The molecule has 0 spiro atoms. The van der Waals surface area contributed by atoms with Gasteiger partial charge in [-0.2, -0.15) is 0 Å². The smallest absolute Gasteiger partial charge is 0.220 e. The van der Waals surface area contributed by atoms with E-state index in [9.17, 15) is 14.7 Å². The fourth-order valence-corrected chi connectivity index (χ4v) is 7.13. The Morgan fingerprint density at radius 1 is 0.388 bits per heavy atom. The maximum atomic E-state index is 12.1. The predicted octanol–water partition coefficient (Wildman–Crippen LogP) is 14.3. The summed E-state index contributed by atoms with van der Waals surface area (Å²) in [6.45, 7) is 4.96. The van der Waals surface area contributed by atoms with Gasteiger partial charge in [-0.05, 0) is 25.7 Å². The highest BCUT2D eigenvalue weighted by Crippen LogP contribution is 2.16. The minimum absolute atomic E-state index is 0.100. The molecule has 0 heterocycles. The van der Waals surface area contributed by atoms with Crippen LogP contribution in [-0.4, -0.2) is 29.4 Å². The highest BCUT2D eigenvalue weighted by atomic mass is 16.3. The third kappa shape index (κ3) is 41.4. The largest absolute Gasteiger partial charge is 0.391 e. The van der Waals surface area contributed by atoms with E-state index in [0.29, 0.717) is 18.7 Å². The molecule has 1 atom stereocenters. The van der Waals surface area contributed by atoms with Crippen LogP contribution in [-0.2, 0) is 9.59 Å². The Morgan fingerprint density at radius 3 is 0.980 bits per heavy atom. The maximum absolute atomic E-state index is 12.1. The number of rotatable bonds is 42. The fraction of sp³-hybridized carbons (Fsp3) is 0.956. The highest BCUT2D eigenvalue weighted by Gasteiger charge is 2.07. The van der Waals surface area contributed by atoms with Crippen LogP contribution in [0.1, 0.15) is 264 Å². The zero-order valence-electron chi connectivity index (χ0n) is 33.6. The molecule has 292 valence electrons. The molecule has 4 nitrogen and oxygen atoms in total. The number of ketones is 1. The Kier molecular flexibility index (Phi) is 40.8. The van der Waals surface area contributed by atoms with Gasteiger partial charge in [0, 0.05) is 25.8 Å². The van der Waals surface area contributed by atoms with Crippen molar-refractivity contribution in [1.29, 1.82) is 0 Å². The first-order chi connectivity index (χ1) is 24.1. The normalized spacial score (nSPS) is 12.1. The molecule has 0 unspecified atom stereocenters. The van der Waals surface area contributed by atoms with Crippen LogP contribution in [0.3, 0.4) is 0 Å². The summed E-state index contributed by atoms with van der Waals surface area (Å²) in [5, 5.41) is 13.2. The second-order valence-corrected chi connectivity index (χ2v) is 15.7. The van der Waals surface area contributed by atoms with E-state index in [-0.39, 0.29) is 5.91 Å². The van der Waals surface area contributed by atoms with Gasteiger partial charge in [-0.3, -0.25) is 9.59 Å². The number of aliphatic hydroxyl groups is 1. The molecule has 0 aromatic rings. The van der Waals surface area contributed by atoms with Crippen LogP contribution < -0.4 is 5.32 Å². The lowest BCUT2D eigenvalue weighted by Gasteiger charge is -2.12. The van der Waals surface area contributed by atoms with Crippen molar-refractivity contribution in [3.63, 3.8) is 0 Å². The van der Waals surface area contributed by atoms with E-state index in [4.69, 9.17) is 0 Å². The number of carbonyl (C=O) groups excluding carboxylic acids is 2. The van der Waals surface area contributed by atoms with Crippen molar-refractivity contribution in [2.45, 2.75) is 270 Å². The number of nitrogens with one attached hydrogen (secondary N) is 1. The standard InChI is InChI=1S/C45H89NO3/c1-3-5-7-9-11-13-14-15-16-20-24-28-32-36-40-44(48)42-46-45(49)41-37-33-29-25-21-18-17-19-23-27-31-35-39-43(47)38-34-30-26-22-12-10-8-6-4-2/h44,48H,3-42H2,1-2H3,(H,46,49)/t44-/m0/s1. The summed E-state index contributed by atoms with van der Waals surface area (Å²) >= 11 is 0. The van der Waals surface area contributed by atoms with Gasteiger partial charge in [0.05, 0.1) is 6.10 Å². The number of aliphatic hydroxyl groups excluding tert-OH is 1. The van der Waals surface area contributed by atoms with E-state index < -0.39 is 6.10 Å². The lowest BCUT2D eigenvalue weighted by Crippen LogP contribution is -2.31. The van der Waals surface area contributed by atoms with Crippen LogP contribution in [0.25, 0.3) is 0 Å². The summed E-state index contributed by atoms with van der Waals surface area (Å²) in [4.78, 5) is 24.3. The Morgan fingerprint density at radius 2 is 0.653 bits per heavy atom. The van der Waals surface area contributed by atoms with Gasteiger partial charge in [-0.15, -0.1) is 0 Å². The molecule has 0 aliphatic heterocycles. The van der Waals surface area contributed by atoms with Crippen molar-refractivity contribution in [2.75, 3.05) is 6.54 Å². The van der Waals surface area contributed by atoms with Crippen LogP contribution in [0.4, 0.5) is 0 Å². The molecule has 49 heavy (non-hydrogen) atoms. The molecule has 4 heteroatoms. The van der Waals surface area contributed by atoms with Crippen LogP contribution in [0.2, 0.25) is 0 Å². The lowest BCUT2D eigenvalue weighted by atomic mass is 10.0. The monoisotopic (exact) mass is 692 g/mol. The van der Waals surface area contributed by atoms with Gasteiger partial charge in [-0.1, -0.05) is 219 Å². The third-order valence-electron chi connectivity index (χ3n) is 10.6. The Balaban J connectivity index is 3.30. The van der Waals surface area contributed by atoms with Gasteiger partial charge < -0.3 is 10.4 Å². The molecule has 0 fully saturated rings. The van der Waals surface area contributed by atoms with Gasteiger partial charge in [0.25, 0.3) is 0 Å². The maximum Gasteiger partial charge on any atom is 0.220 e. The van der Waals surface area contributed by atoms with E-state index in [2.05, 4.69) is 19.2 Å². The molecule has 0 aliphatic rings. The van der Waals surface area contributed by atoms with Crippen LogP contribution in [0, 0.1) is 0 Å². The molecule has 1 amide bonds. The molecule has 0 rings (SSSR count). The molecular weight excluding hydrogens is 602 g/mol. The van der Waals surface area contributed by atoms with Crippen molar-refractivity contribution in [3.05, 3.63) is 0 Å². The molecular formula is C45H89NO3. The molecule has 0 aromatic carbocycles. The van der Waals surface area contributed by atoms with Crippen LogP contribution >= 0.6 is 0 Å². The minimum Gasteiger partial charge on any atom is -0.391 e. The third-order valence-corrected chi connectivity index (χ3v) is 10.6. The summed E-state index contributed by atoms with van der Waals surface area (Å²) < 4.78 is 0. The molecule has 0 aromatic heterocycles. The molecule has 0 saturated carbocycles. The van der Waals surface area contributed by atoms with Gasteiger partial charge in [0.15, 0.2) is 0 Å². The second kappa shape index (κ2) is 41.5. The van der Waals surface area contributed by atoms with Crippen LogP contribution in [0.15, 0.2) is 0 Å². The fourth-order valence-electron chi connectivity index (χ4n) is 7.13. The highest BCUT2D eigenvalue weighted by molar-refractivity contribution is 5.78. The van der Waals surface area contributed by atoms with E-state index in [1.807, 2.05) is 0 Å². The molecule has 2 N–H and O–H groups in total. The van der Waals surface area contributed by atoms with Crippen molar-refractivity contribution in [3.8, 4) is 0 Å². The second-order valence-electron chi connectivity index (χ2n) is 15.7. The van der Waals surface area contributed by atoms with E-state index in [0.717, 1.165) is 51.4 Å². The topological polar surface area (TPSA) is 66.4 Å². The number of hydrogen-bond donors (Lipinski definition) is 2. The molecule has 0 saturated heterocycles. The SMILES string of the molecule is CCCCCCCCCCCCCCCC[C@H](O)CNC(=O)CCCCCCCCCCCCCCC(=O)CCCCCCCCCCC. The predicted molar refractivity (Wildman–Crippen MR) is 215 cm³/mol. The number of amides is 1. The average molecular weight is 692 g/mol. The quantitative estimate of drug-likeness (QED) is 0.0626. The first-order valence-electron chi connectivity index (χ1n) is 22.6. The van der Waals surface area contributed by atoms with Gasteiger partial charge in [0.2, 0.25) is 5.91 Å². The molecule has 0 aliphatic carbocycles. The van der Waals surface area contributed by atoms with Crippen LogP contribution in [0.5, 0.6) is 0 Å². The van der Waals surface area contributed by atoms with E-state index >= 15 is 0 Å². The number of hydrogen-bond acceptors (Lipinski definition) is 3. The minimum atomic E-state index is -0.398. The van der Waals surface area contributed by atoms with E-state index in [1.54, 1.807) is 0 Å². The van der Waals surface area contributed by atoms with E-state index in [1.165, 1.54) is 193 Å². The Hall–Kier alpha value is -0.900. The first-order valence-corrected chi connectivity index (χ1v) is 22.6. The first kappa shape index (κ1) is 48.1. The van der Waals surface area contributed by atoms with Crippen molar-refractivity contribution >= 4 is 11.7 Å². The Labute approximate surface area is 307 Å².